The quantitative estimate of drug-likeness (QED) is 0.315. The smallest absolute Gasteiger partial charge is 0.214 e. The van der Waals surface area contributed by atoms with Gasteiger partial charge in [-0.05, 0) is 16.1 Å². The average molecular weight is 67.9 g/mol. The molecule has 0 rings (SSSR count). The molecule has 0 heterocycles. The Hall–Kier alpha value is -0.228. The van der Waals surface area contributed by atoms with Gasteiger partial charge < -0.3 is 0 Å². The van der Waals surface area contributed by atoms with Gasteiger partial charge in [-0.3, -0.25) is 0 Å². The Morgan fingerprint density at radius 3 is 2.25 bits per heavy atom. The van der Waals surface area contributed by atoms with Gasteiger partial charge in [0.2, 0.25) is 6.87 Å². The Labute approximate surface area is 29.2 Å². The zero-order valence-corrected chi connectivity index (χ0v) is 4.52. The van der Waals surface area contributed by atoms with Crippen molar-refractivity contribution < 1.29 is 0 Å². The highest BCUT2D eigenvalue weighted by Gasteiger charge is 1.58. The molecular weight excluding hydrogens is 64.9 g/mol. The first-order valence-corrected chi connectivity index (χ1v) is 2.24. The fourth-order valence-electron chi connectivity index (χ4n) is 0. The van der Waals surface area contributed by atoms with Crippen LogP contribution in [0.4, 0.5) is 0 Å². The summed E-state index contributed by atoms with van der Waals surface area (Å²) in [4.78, 5) is 0. The zero-order valence-electron chi connectivity index (χ0n) is 2.52. The maximum Gasteiger partial charge on any atom is 0.232 e. The van der Waals surface area contributed by atoms with Gasteiger partial charge in [0.1, 0.15) is 0 Å². The molecule has 0 spiro atoms. The number of hydrogen-bond donors (Lipinski definition) is 0. The van der Waals surface area contributed by atoms with Crippen LogP contribution in [0, 0.1) is 11.2 Å². The summed E-state index contributed by atoms with van der Waals surface area (Å²) in [5.74, 6) is 1.87. The third-order valence-corrected chi connectivity index (χ3v) is 0.387. The fourth-order valence-corrected chi connectivity index (χ4v) is 0. The van der Waals surface area contributed by atoms with Crippen molar-refractivity contribution in [1.82, 2.24) is 0 Å². The minimum atomic E-state index is 0.904. The van der Waals surface area contributed by atoms with Crippen molar-refractivity contribution in [1.29, 1.82) is 5.26 Å². The summed E-state index contributed by atoms with van der Waals surface area (Å²) in [5, 5.41) is 7.60. The van der Waals surface area contributed by atoms with Gasteiger partial charge >= 0.3 is 0 Å². The van der Waals surface area contributed by atoms with Crippen molar-refractivity contribution in [2.24, 2.45) is 0 Å². The third kappa shape index (κ3) is 1.77. The molecule has 0 aromatic rings. The molecule has 0 unspecified atom stereocenters. The monoisotopic (exact) mass is 68.0 g/mol. The molecule has 0 aromatic carbocycles. The molecule has 1 radical (unpaired) electrons. The lowest BCUT2D eigenvalue weighted by atomic mass is 10.2. The van der Waals surface area contributed by atoms with E-state index in [1.807, 2.05) is 5.97 Å². The highest BCUT2D eigenvalue weighted by Crippen LogP contribution is 1.25. The lowest BCUT2D eigenvalue weighted by molar-refractivity contribution is 1.56. The van der Waals surface area contributed by atoms with Gasteiger partial charge in [-0.2, -0.15) is 0 Å². The Kier molecular flexibility index (Phi) is 2.61. The molecule has 0 fully saturated rings. The minimum absolute atomic E-state index is 0.904. The van der Waals surface area contributed by atoms with Crippen molar-refractivity contribution in [3.05, 3.63) is 0 Å². The van der Waals surface area contributed by atoms with Crippen molar-refractivity contribution in [3.63, 3.8) is 0 Å². The second-order valence-electron chi connectivity index (χ2n) is 0.418. The molecule has 0 bridgehead atoms. The summed E-state index contributed by atoms with van der Waals surface area (Å²) in [6, 6.07) is 0. The van der Waals surface area contributed by atoms with Crippen LogP contribution < -0.4 is 0 Å². The first-order valence-electron chi connectivity index (χ1n) is 1.09. The molecule has 0 aliphatic rings. The Bertz CT molecular complexity index is 37.8. The summed E-state index contributed by atoms with van der Waals surface area (Å²) in [7, 11) is 0.904. The summed E-state index contributed by atoms with van der Waals surface area (Å²) >= 11 is 0. The molecule has 0 aromatic heterocycles. The van der Waals surface area contributed by atoms with Crippen LogP contribution in [0.25, 0.3) is 0 Å². The maximum absolute atomic E-state index is 7.60. The molecule has 3 heteroatoms. The first kappa shape index (κ1) is 3.77. The van der Waals surface area contributed by atoms with Crippen LogP contribution >= 0.6 is 0 Å². The number of nitrogens with zero attached hydrogens (tertiary/aromatic N) is 1. The van der Waals surface area contributed by atoms with Crippen LogP contribution in [-0.4, -0.2) is 17.0 Å². The van der Waals surface area contributed by atoms with Gasteiger partial charge in [0.25, 0.3) is 0 Å². The van der Waals surface area contributed by atoms with Gasteiger partial charge in [-0.25, -0.2) is 5.26 Å². The lowest BCUT2D eigenvalue weighted by Crippen LogP contribution is -1.75. The summed E-state index contributed by atoms with van der Waals surface area (Å²) in [5.41, 5.74) is 0. The van der Waals surface area contributed by atoms with Crippen molar-refractivity contribution >= 4 is 17.0 Å². The Morgan fingerprint density at radius 2 is 2.25 bits per heavy atom. The maximum atomic E-state index is 7.60. The fraction of sp³-hybridized carbons (Fsp3) is 0. The topological polar surface area (TPSA) is 23.8 Å². The highest BCUT2D eigenvalue weighted by molar-refractivity contribution is 6.94. The highest BCUT2D eigenvalue weighted by atomic mass is 28.1. The average Bonchev–Trinajstić information content (AvgIpc) is 1.37. The molecule has 0 aliphatic carbocycles. The van der Waals surface area contributed by atoms with Crippen molar-refractivity contribution in [2.75, 3.05) is 0 Å². The molecular formula is CH3BNSi. The third-order valence-electron chi connectivity index (χ3n) is 0.129. The van der Waals surface area contributed by atoms with Gasteiger partial charge in [0.15, 0.2) is 0 Å². The molecule has 4 heavy (non-hydrogen) atoms. The van der Waals surface area contributed by atoms with Crippen LogP contribution in [0.15, 0.2) is 0 Å². The molecule has 0 N–H and O–H groups in total. The van der Waals surface area contributed by atoms with E-state index >= 15 is 0 Å². The zero-order chi connectivity index (χ0) is 3.41. The van der Waals surface area contributed by atoms with Crippen LogP contribution in [0.5, 0.6) is 0 Å². The normalized spacial score (nSPS) is 4.75. The van der Waals surface area contributed by atoms with Crippen LogP contribution in [-0.2, 0) is 0 Å². The van der Waals surface area contributed by atoms with Crippen molar-refractivity contribution in [3.8, 4) is 5.97 Å². The molecule has 0 aliphatic heterocycles. The van der Waals surface area contributed by atoms with Crippen LogP contribution in [0.3, 0.4) is 0 Å². The molecule has 0 atom stereocenters. The Morgan fingerprint density at radius 1 is 2.00 bits per heavy atom. The van der Waals surface area contributed by atoms with E-state index in [4.69, 9.17) is 5.26 Å². The number of hydrogen-bond acceptors (Lipinski definition) is 1. The lowest BCUT2D eigenvalue weighted by Gasteiger charge is -1.40. The van der Waals surface area contributed by atoms with E-state index in [0.717, 1.165) is 10.1 Å². The second kappa shape index (κ2) is 2.77. The van der Waals surface area contributed by atoms with Gasteiger partial charge in [-0.15, -0.1) is 0 Å². The Balaban J connectivity index is 2.43. The summed E-state index contributed by atoms with van der Waals surface area (Å²) in [6.07, 6.45) is 0. The standard InChI is InChI=1S/CH3BNSi/c3-1-2-4/h4H3. The van der Waals surface area contributed by atoms with E-state index in [0.29, 0.717) is 0 Å². The SMILES string of the molecule is N#C[B][SiH3]. The van der Waals surface area contributed by atoms with E-state index in [1.165, 1.54) is 0 Å². The van der Waals surface area contributed by atoms with Gasteiger partial charge in [0.05, 0.1) is 0 Å². The molecule has 19 valence electrons. The first-order chi connectivity index (χ1) is 1.91. The van der Waals surface area contributed by atoms with E-state index in [-0.39, 0.29) is 0 Å². The van der Waals surface area contributed by atoms with E-state index in [2.05, 4.69) is 0 Å². The van der Waals surface area contributed by atoms with E-state index in [9.17, 15) is 0 Å². The van der Waals surface area contributed by atoms with Crippen molar-refractivity contribution in [2.45, 2.75) is 0 Å². The summed E-state index contributed by atoms with van der Waals surface area (Å²) in [6.45, 7) is 1.57. The molecule has 0 saturated heterocycles. The predicted octanol–water partition coefficient (Wildman–Crippen LogP) is -1.55. The predicted molar refractivity (Wildman–Crippen MR) is 21.3 cm³/mol. The van der Waals surface area contributed by atoms with Gasteiger partial charge in [-0.1, -0.05) is 0 Å². The number of nitriles is 1. The van der Waals surface area contributed by atoms with E-state index in [1.54, 1.807) is 6.87 Å². The van der Waals surface area contributed by atoms with Crippen LogP contribution in [0.1, 0.15) is 0 Å². The second-order valence-corrected chi connectivity index (χ2v) is 0.995. The minimum Gasteiger partial charge on any atom is -0.214 e. The molecule has 1 nitrogen and oxygen atoms in total. The number of rotatable bonds is 0. The summed E-state index contributed by atoms with van der Waals surface area (Å²) < 4.78 is 0. The molecule has 0 saturated carbocycles. The van der Waals surface area contributed by atoms with E-state index < -0.39 is 0 Å². The molecule has 0 amide bonds. The van der Waals surface area contributed by atoms with Gasteiger partial charge in [0, 0.05) is 0 Å². The van der Waals surface area contributed by atoms with Crippen LogP contribution in [0.2, 0.25) is 0 Å². The largest absolute Gasteiger partial charge is 0.232 e.